The van der Waals surface area contributed by atoms with Crippen molar-refractivity contribution < 1.29 is 33.7 Å². The zero-order valence-electron chi connectivity index (χ0n) is 29.7. The molecule has 0 saturated carbocycles. The van der Waals surface area contributed by atoms with Crippen LogP contribution >= 0.6 is 23.2 Å². The van der Waals surface area contributed by atoms with Crippen LogP contribution in [0.5, 0.6) is 17.2 Å². The molecule has 2 N–H and O–H groups in total. The summed E-state index contributed by atoms with van der Waals surface area (Å²) in [5.74, 6) is -0.315. The van der Waals surface area contributed by atoms with E-state index >= 15 is 0 Å². The van der Waals surface area contributed by atoms with Crippen molar-refractivity contribution >= 4 is 41.1 Å². The van der Waals surface area contributed by atoms with E-state index in [9.17, 15) is 19.5 Å². The van der Waals surface area contributed by atoms with Gasteiger partial charge in [0.05, 0.1) is 42.8 Å². The highest BCUT2D eigenvalue weighted by atomic mass is 35.5. The number of rotatable bonds is 11. The largest absolute Gasteiger partial charge is 0.493 e. The topological polar surface area (TPSA) is 134 Å². The molecule has 6 rings (SSSR count). The SMILES string of the molecule is COc1cc(C(=O)N2CCC(CCN3CCC(NC(=O)N4CCC(C(=O)O)C4)(c4cccnc4)CC3)(c3ccc(Cl)c(Cl)c3)C2)cc(OC)c1OC. The Hall–Kier alpha value is -4.26. The van der Waals surface area contributed by atoms with Crippen LogP contribution in [0.4, 0.5) is 4.79 Å². The monoisotopic (exact) mass is 753 g/mol. The molecular formula is C38H45Cl2N5O7. The lowest BCUT2D eigenvalue weighted by Gasteiger charge is -2.44. The third-order valence-corrected chi connectivity index (χ3v) is 11.8. The Bertz CT molecular complexity index is 1760. The first-order valence-electron chi connectivity index (χ1n) is 17.5. The standard InChI is InChI=1S/C38H45Cl2N5O7/c1-50-31-19-26(20-32(51-2)33(31)52-3)34(46)45-18-10-37(24-45,27-6-7-29(39)30(40)21-27)9-15-43-16-11-38(12-17-43,28-5-4-13-41-22-28)42-36(49)44-14-8-25(23-44)35(47)48/h4-7,13,19-22,25H,8-12,14-18,23-24H2,1-3H3,(H,42,49)(H,47,48). The Labute approximate surface area is 313 Å². The van der Waals surface area contributed by atoms with Gasteiger partial charge in [-0.05, 0) is 80.1 Å². The molecule has 0 bridgehead atoms. The fraction of sp³-hybridized carbons (Fsp3) is 0.474. The minimum absolute atomic E-state index is 0.135. The fourth-order valence-electron chi connectivity index (χ4n) is 7.94. The summed E-state index contributed by atoms with van der Waals surface area (Å²) in [4.78, 5) is 49.3. The molecule has 14 heteroatoms. The highest BCUT2D eigenvalue weighted by Gasteiger charge is 2.44. The number of aliphatic carboxylic acids is 1. The van der Waals surface area contributed by atoms with Gasteiger partial charge in [-0.1, -0.05) is 35.3 Å². The van der Waals surface area contributed by atoms with Crippen LogP contribution < -0.4 is 19.5 Å². The number of benzene rings is 2. The number of methoxy groups -OCH3 is 3. The summed E-state index contributed by atoms with van der Waals surface area (Å²) in [5.41, 5.74) is 1.38. The van der Waals surface area contributed by atoms with Gasteiger partial charge in [0.2, 0.25) is 5.75 Å². The number of aromatic nitrogens is 1. The van der Waals surface area contributed by atoms with E-state index in [1.54, 1.807) is 29.4 Å². The van der Waals surface area contributed by atoms with Gasteiger partial charge in [0.1, 0.15) is 0 Å². The molecule has 1 aromatic heterocycles. The number of carboxylic acid groups (broad SMARTS) is 1. The number of carbonyl (C=O) groups excluding carboxylic acids is 2. The Morgan fingerprint density at radius 2 is 1.63 bits per heavy atom. The van der Waals surface area contributed by atoms with Gasteiger partial charge in [-0.25, -0.2) is 4.79 Å². The van der Waals surface area contributed by atoms with E-state index in [1.807, 2.05) is 35.2 Å². The molecule has 3 saturated heterocycles. The van der Waals surface area contributed by atoms with Crippen molar-refractivity contribution in [2.45, 2.75) is 43.1 Å². The number of nitrogens with zero attached hydrogens (tertiary/aromatic N) is 4. The first kappa shape index (κ1) is 37.5. The number of carboxylic acids is 1. The number of hydrogen-bond acceptors (Lipinski definition) is 8. The molecule has 3 aliphatic heterocycles. The summed E-state index contributed by atoms with van der Waals surface area (Å²) in [5, 5.41) is 13.7. The van der Waals surface area contributed by atoms with Gasteiger partial charge in [0, 0.05) is 62.6 Å². The average molecular weight is 755 g/mol. The van der Waals surface area contributed by atoms with Crippen molar-refractivity contribution in [3.8, 4) is 17.2 Å². The third-order valence-electron chi connectivity index (χ3n) is 11.1. The molecule has 2 atom stereocenters. The Morgan fingerprint density at radius 3 is 2.23 bits per heavy atom. The lowest BCUT2D eigenvalue weighted by Crippen LogP contribution is -2.56. The molecule has 2 unspecified atom stereocenters. The second-order valence-electron chi connectivity index (χ2n) is 13.9. The van der Waals surface area contributed by atoms with Gasteiger partial charge >= 0.3 is 12.0 Å². The first-order chi connectivity index (χ1) is 25.0. The number of piperidine rings is 1. The molecule has 3 aliphatic rings. The number of halogens is 2. The summed E-state index contributed by atoms with van der Waals surface area (Å²) in [7, 11) is 4.57. The van der Waals surface area contributed by atoms with Gasteiger partial charge in [-0.3, -0.25) is 14.6 Å². The molecule has 52 heavy (non-hydrogen) atoms. The smallest absolute Gasteiger partial charge is 0.318 e. The van der Waals surface area contributed by atoms with Crippen molar-refractivity contribution in [1.29, 1.82) is 0 Å². The number of pyridine rings is 1. The molecule has 3 fully saturated rings. The molecule has 12 nitrogen and oxygen atoms in total. The number of ether oxygens (including phenoxy) is 3. The Balaban J connectivity index is 1.19. The lowest BCUT2D eigenvalue weighted by molar-refractivity contribution is -0.141. The normalized spacial score (nSPS) is 21.5. The maximum atomic E-state index is 14.0. The van der Waals surface area contributed by atoms with Gasteiger partial charge in [-0.15, -0.1) is 0 Å². The average Bonchev–Trinajstić information content (AvgIpc) is 3.85. The van der Waals surface area contributed by atoms with E-state index in [0.717, 1.165) is 43.6 Å². The van der Waals surface area contributed by atoms with Gasteiger partial charge in [-0.2, -0.15) is 0 Å². The van der Waals surface area contributed by atoms with Crippen LogP contribution in [0.15, 0.2) is 54.9 Å². The molecule has 2 aromatic carbocycles. The highest BCUT2D eigenvalue weighted by Crippen LogP contribution is 2.43. The molecular weight excluding hydrogens is 709 g/mol. The molecule has 3 amide bonds. The number of nitrogens with one attached hydrogen (secondary N) is 1. The zero-order valence-corrected chi connectivity index (χ0v) is 31.2. The van der Waals surface area contributed by atoms with Gasteiger partial charge in [0.15, 0.2) is 11.5 Å². The highest BCUT2D eigenvalue weighted by molar-refractivity contribution is 6.42. The van der Waals surface area contributed by atoms with Gasteiger partial charge < -0.3 is 39.3 Å². The van der Waals surface area contributed by atoms with Crippen LogP contribution in [0.3, 0.4) is 0 Å². The van der Waals surface area contributed by atoms with E-state index in [2.05, 4.69) is 15.2 Å². The second kappa shape index (κ2) is 15.8. The maximum Gasteiger partial charge on any atom is 0.318 e. The van der Waals surface area contributed by atoms with Crippen molar-refractivity contribution in [3.05, 3.63) is 81.6 Å². The summed E-state index contributed by atoms with van der Waals surface area (Å²) in [6, 6.07) is 12.7. The Morgan fingerprint density at radius 1 is 0.904 bits per heavy atom. The summed E-state index contributed by atoms with van der Waals surface area (Å²) < 4.78 is 16.5. The van der Waals surface area contributed by atoms with Crippen molar-refractivity contribution in [3.63, 3.8) is 0 Å². The van der Waals surface area contributed by atoms with Crippen LogP contribution in [0.25, 0.3) is 0 Å². The molecule has 3 aromatic rings. The molecule has 0 aliphatic carbocycles. The quantitative estimate of drug-likeness (QED) is 0.253. The zero-order chi connectivity index (χ0) is 37.0. The predicted octanol–water partition coefficient (Wildman–Crippen LogP) is 5.70. The number of amides is 3. The van der Waals surface area contributed by atoms with Crippen molar-refractivity contribution in [2.75, 3.05) is 67.1 Å². The third kappa shape index (κ3) is 7.60. The van der Waals surface area contributed by atoms with Crippen LogP contribution in [0, 0.1) is 5.92 Å². The first-order valence-corrected chi connectivity index (χ1v) is 18.2. The number of likely N-dealkylation sites (tertiary alicyclic amines) is 3. The predicted molar refractivity (Wildman–Crippen MR) is 197 cm³/mol. The second-order valence-corrected chi connectivity index (χ2v) is 14.7. The molecule has 4 heterocycles. The molecule has 278 valence electrons. The number of urea groups is 1. The minimum Gasteiger partial charge on any atom is -0.493 e. The molecule has 0 radical (unpaired) electrons. The van der Waals surface area contributed by atoms with E-state index in [4.69, 9.17) is 37.4 Å². The lowest BCUT2D eigenvalue weighted by atomic mass is 9.76. The fourth-order valence-corrected chi connectivity index (χ4v) is 8.23. The minimum atomic E-state index is -0.875. The van der Waals surface area contributed by atoms with Crippen LogP contribution in [-0.4, -0.2) is 110 Å². The van der Waals surface area contributed by atoms with Crippen molar-refractivity contribution in [2.24, 2.45) is 5.92 Å². The van der Waals surface area contributed by atoms with Gasteiger partial charge in [0.25, 0.3) is 5.91 Å². The van der Waals surface area contributed by atoms with E-state index in [0.29, 0.717) is 71.8 Å². The molecule has 0 spiro atoms. The summed E-state index contributed by atoms with van der Waals surface area (Å²) >= 11 is 12.9. The van der Waals surface area contributed by atoms with Crippen LogP contribution in [0.1, 0.15) is 53.6 Å². The van der Waals surface area contributed by atoms with Crippen molar-refractivity contribution in [1.82, 2.24) is 25.0 Å². The summed E-state index contributed by atoms with van der Waals surface area (Å²) in [6.07, 6.45) is 6.78. The number of hydrogen-bond donors (Lipinski definition) is 2. The Kier molecular flexibility index (Phi) is 11.4. The summed E-state index contributed by atoms with van der Waals surface area (Å²) in [6.45, 7) is 3.84. The van der Waals surface area contributed by atoms with E-state index in [1.165, 1.54) is 21.3 Å². The maximum absolute atomic E-state index is 14.0. The van der Waals surface area contributed by atoms with Crippen LogP contribution in [-0.2, 0) is 15.7 Å². The van der Waals surface area contributed by atoms with E-state index < -0.39 is 17.4 Å². The van der Waals surface area contributed by atoms with Crippen LogP contribution in [0.2, 0.25) is 10.0 Å². The van der Waals surface area contributed by atoms with E-state index in [-0.39, 0.29) is 23.9 Å². The number of carbonyl (C=O) groups is 3.